The van der Waals surface area contributed by atoms with Crippen LogP contribution in [-0.4, -0.2) is 55.9 Å². The second-order valence-electron chi connectivity index (χ2n) is 7.23. The van der Waals surface area contributed by atoms with Crippen molar-refractivity contribution in [2.45, 2.75) is 43.9 Å². The fraction of sp³-hybridized carbons (Fsp3) is 0.400. The molecule has 1 aliphatic rings. The minimum Gasteiger partial charge on any atom is -0.372 e. The lowest BCUT2D eigenvalue weighted by Crippen LogP contribution is -2.48. The maximum atomic E-state index is 12.8. The number of nitrogens with zero attached hydrogens (tertiary/aromatic N) is 5. The Morgan fingerprint density at radius 2 is 2.07 bits per heavy atom. The van der Waals surface area contributed by atoms with Gasteiger partial charge >= 0.3 is 0 Å². The largest absolute Gasteiger partial charge is 0.372 e. The van der Waals surface area contributed by atoms with E-state index in [0.717, 1.165) is 21.7 Å². The number of hydrogen-bond donors (Lipinski definition) is 0. The van der Waals surface area contributed by atoms with Crippen molar-refractivity contribution in [3.05, 3.63) is 51.2 Å². The lowest BCUT2D eigenvalue weighted by atomic mass is 10.2. The van der Waals surface area contributed by atoms with Crippen molar-refractivity contribution in [2.24, 2.45) is 0 Å². The number of morpholine rings is 1. The zero-order valence-electron chi connectivity index (χ0n) is 16.9. The van der Waals surface area contributed by atoms with Crippen LogP contribution in [0.15, 0.2) is 34.8 Å². The van der Waals surface area contributed by atoms with Crippen molar-refractivity contribution in [2.75, 3.05) is 13.1 Å². The van der Waals surface area contributed by atoms with Crippen molar-refractivity contribution in [1.82, 2.24) is 24.6 Å². The second kappa shape index (κ2) is 9.05. The summed E-state index contributed by atoms with van der Waals surface area (Å²) in [5.41, 5.74) is 1.41. The Labute approximate surface area is 188 Å². The van der Waals surface area contributed by atoms with Crippen LogP contribution in [0, 0.1) is 6.92 Å². The van der Waals surface area contributed by atoms with Crippen LogP contribution >= 0.6 is 34.7 Å². The first kappa shape index (κ1) is 21.3. The fourth-order valence-electron chi connectivity index (χ4n) is 3.46. The number of hydrogen-bond acceptors (Lipinski definition) is 7. The van der Waals surface area contributed by atoms with Crippen molar-refractivity contribution in [3.63, 3.8) is 0 Å². The van der Waals surface area contributed by atoms with Crippen LogP contribution < -0.4 is 0 Å². The van der Waals surface area contributed by atoms with Gasteiger partial charge in [0.2, 0.25) is 0 Å². The summed E-state index contributed by atoms with van der Waals surface area (Å²) >= 11 is 9.16. The monoisotopic (exact) mass is 463 g/mol. The number of benzene rings is 1. The average Bonchev–Trinajstić information content (AvgIpc) is 3.31. The number of carbonyl (C=O) groups is 1. The van der Waals surface area contributed by atoms with Crippen LogP contribution in [0.3, 0.4) is 0 Å². The zero-order chi connectivity index (χ0) is 21.3. The van der Waals surface area contributed by atoms with E-state index >= 15 is 0 Å². The van der Waals surface area contributed by atoms with E-state index in [1.807, 2.05) is 59.9 Å². The third-order valence-corrected chi connectivity index (χ3v) is 6.87. The molecule has 10 heteroatoms. The highest BCUT2D eigenvalue weighted by atomic mass is 35.5. The molecule has 4 rings (SSSR count). The highest BCUT2D eigenvalue weighted by Crippen LogP contribution is 2.27. The van der Waals surface area contributed by atoms with Crippen LogP contribution in [-0.2, 0) is 10.5 Å². The van der Waals surface area contributed by atoms with E-state index in [2.05, 4.69) is 15.2 Å². The summed E-state index contributed by atoms with van der Waals surface area (Å²) in [6.45, 7) is 7.05. The quantitative estimate of drug-likeness (QED) is 0.527. The molecule has 1 amide bonds. The Bertz CT molecular complexity index is 1040. The van der Waals surface area contributed by atoms with E-state index < -0.39 is 0 Å². The van der Waals surface area contributed by atoms with E-state index in [1.54, 1.807) is 0 Å². The van der Waals surface area contributed by atoms with Crippen LogP contribution in [0.5, 0.6) is 0 Å². The number of carbonyl (C=O) groups excluding carboxylic acids is 1. The van der Waals surface area contributed by atoms with Crippen LogP contribution in [0.2, 0.25) is 5.02 Å². The van der Waals surface area contributed by atoms with E-state index in [0.29, 0.717) is 29.6 Å². The Balaban J connectivity index is 1.45. The number of halogens is 1. The number of rotatable bonds is 5. The molecule has 0 spiro atoms. The van der Waals surface area contributed by atoms with Crippen molar-refractivity contribution < 1.29 is 9.53 Å². The third-order valence-electron chi connectivity index (χ3n) is 4.66. The van der Waals surface area contributed by atoms with Gasteiger partial charge in [-0.1, -0.05) is 29.4 Å². The molecule has 2 aromatic heterocycles. The first-order valence-electron chi connectivity index (χ1n) is 9.60. The Kier molecular flexibility index (Phi) is 6.43. The number of amides is 1. The molecule has 1 saturated heterocycles. The molecule has 0 radical (unpaired) electrons. The molecule has 1 fully saturated rings. The molecule has 7 nitrogen and oxygen atoms in total. The summed E-state index contributed by atoms with van der Waals surface area (Å²) in [6, 6.07) is 7.59. The van der Waals surface area contributed by atoms with Gasteiger partial charge in [0.25, 0.3) is 5.91 Å². The Morgan fingerprint density at radius 1 is 1.30 bits per heavy atom. The predicted molar refractivity (Wildman–Crippen MR) is 119 cm³/mol. The minimum absolute atomic E-state index is 0.0347. The van der Waals surface area contributed by atoms with Crippen LogP contribution in [0.4, 0.5) is 0 Å². The molecule has 1 aliphatic heterocycles. The van der Waals surface area contributed by atoms with E-state index in [1.165, 1.54) is 23.1 Å². The van der Waals surface area contributed by atoms with Gasteiger partial charge in [-0.2, -0.15) is 0 Å². The second-order valence-corrected chi connectivity index (χ2v) is 9.55. The van der Waals surface area contributed by atoms with E-state index in [-0.39, 0.29) is 18.1 Å². The van der Waals surface area contributed by atoms with Gasteiger partial charge in [-0.3, -0.25) is 9.36 Å². The Hall–Kier alpha value is -1.94. The summed E-state index contributed by atoms with van der Waals surface area (Å²) < 4.78 is 7.68. The van der Waals surface area contributed by atoms with Gasteiger partial charge in [-0.05, 0) is 39.0 Å². The van der Waals surface area contributed by atoms with Crippen LogP contribution in [0.1, 0.15) is 35.2 Å². The predicted octanol–water partition coefficient (Wildman–Crippen LogP) is 4.23. The lowest BCUT2D eigenvalue weighted by Gasteiger charge is -2.34. The topological polar surface area (TPSA) is 73.1 Å². The van der Waals surface area contributed by atoms with Crippen LogP contribution in [0.25, 0.3) is 5.69 Å². The molecule has 1 aromatic carbocycles. The number of thioether (sulfide) groups is 1. The first-order chi connectivity index (χ1) is 14.4. The van der Waals surface area contributed by atoms with Gasteiger partial charge in [0.05, 0.1) is 23.6 Å². The first-order valence-corrected chi connectivity index (χ1v) is 11.8. The van der Waals surface area contributed by atoms with Gasteiger partial charge in [0.1, 0.15) is 16.5 Å². The maximum absolute atomic E-state index is 12.8. The van der Waals surface area contributed by atoms with Gasteiger partial charge in [0, 0.05) is 23.5 Å². The van der Waals surface area contributed by atoms with Crippen molar-refractivity contribution >= 4 is 40.6 Å². The molecule has 0 aliphatic carbocycles. The molecule has 3 heterocycles. The molecule has 158 valence electrons. The fourth-order valence-corrected chi connectivity index (χ4v) is 5.42. The minimum atomic E-state index is -0.0394. The standard InChI is InChI=1S/C20H22ClN5O2S2/c1-12-8-25(9-13(2)28-12)19(27)17-10-29-18(22-17)11-30-20-24-23-14(3)26(20)16-6-4-5-15(21)7-16/h4-7,10,12-13H,8-9,11H2,1-3H3. The van der Waals surface area contributed by atoms with Crippen molar-refractivity contribution in [1.29, 1.82) is 0 Å². The number of aryl methyl sites for hydroxylation is 1. The lowest BCUT2D eigenvalue weighted by molar-refractivity contribution is -0.0587. The molecule has 30 heavy (non-hydrogen) atoms. The summed E-state index contributed by atoms with van der Waals surface area (Å²) in [6.07, 6.45) is 0.0694. The molecule has 0 saturated carbocycles. The summed E-state index contributed by atoms with van der Waals surface area (Å²) in [5, 5.41) is 12.6. The SMILES string of the molecule is Cc1nnc(SCc2nc(C(=O)N3CC(C)OC(C)C3)cs2)n1-c1cccc(Cl)c1. The molecular weight excluding hydrogens is 442 g/mol. The smallest absolute Gasteiger partial charge is 0.273 e. The third kappa shape index (κ3) is 4.69. The van der Waals surface area contributed by atoms with Gasteiger partial charge in [-0.25, -0.2) is 4.98 Å². The summed E-state index contributed by atoms with van der Waals surface area (Å²) in [5.74, 6) is 1.35. The highest BCUT2D eigenvalue weighted by molar-refractivity contribution is 7.98. The van der Waals surface area contributed by atoms with Gasteiger partial charge in [-0.15, -0.1) is 21.5 Å². The molecule has 2 atom stereocenters. The number of aromatic nitrogens is 4. The summed E-state index contributed by atoms with van der Waals surface area (Å²) in [7, 11) is 0. The Morgan fingerprint density at radius 3 is 2.80 bits per heavy atom. The van der Waals surface area contributed by atoms with Crippen molar-refractivity contribution in [3.8, 4) is 5.69 Å². The van der Waals surface area contributed by atoms with Gasteiger partial charge < -0.3 is 9.64 Å². The highest BCUT2D eigenvalue weighted by Gasteiger charge is 2.28. The maximum Gasteiger partial charge on any atom is 0.273 e. The van der Waals surface area contributed by atoms with E-state index in [4.69, 9.17) is 16.3 Å². The molecule has 2 unspecified atom stereocenters. The molecular formula is C20H22ClN5O2S2. The molecule has 0 N–H and O–H groups in total. The summed E-state index contributed by atoms with van der Waals surface area (Å²) in [4.78, 5) is 19.2. The average molecular weight is 464 g/mol. The van der Waals surface area contributed by atoms with E-state index in [9.17, 15) is 4.79 Å². The van der Waals surface area contributed by atoms with Gasteiger partial charge in [0.15, 0.2) is 5.16 Å². The zero-order valence-corrected chi connectivity index (χ0v) is 19.3. The number of ether oxygens (including phenoxy) is 1. The number of thiazole rings is 1. The normalized spacial score (nSPS) is 19.3. The molecule has 0 bridgehead atoms. The molecule has 3 aromatic rings.